The number of methoxy groups -OCH3 is 1. The lowest BCUT2D eigenvalue weighted by atomic mass is 9.99. The normalized spacial score (nSPS) is 11.4. The Morgan fingerprint density at radius 3 is 2.33 bits per heavy atom. The predicted octanol–water partition coefficient (Wildman–Crippen LogP) is 2.78. The molecular weight excluding hydrogens is 396 g/mol. The number of aryl methyl sites for hydroxylation is 3. The maximum atomic E-state index is 13.1. The van der Waals surface area contributed by atoms with Crippen molar-refractivity contribution >= 4 is 33.4 Å². The Morgan fingerprint density at radius 2 is 1.81 bits per heavy atom. The van der Waals surface area contributed by atoms with Gasteiger partial charge in [-0.15, -0.1) is 0 Å². The second kappa shape index (κ2) is 7.32. The first-order valence-electron chi connectivity index (χ1n) is 7.74. The second-order valence-corrected chi connectivity index (χ2v) is 8.39. The molecule has 0 bridgehead atoms. The Hall–Kier alpha value is -2.39. The molecule has 10 heteroatoms. The molecule has 1 heterocycles. The number of ether oxygens (including phenoxy) is 2. The third kappa shape index (κ3) is 3.84. The van der Waals surface area contributed by atoms with Crippen LogP contribution in [0, 0.1) is 20.8 Å². The van der Waals surface area contributed by atoms with Crippen LogP contribution in [0.5, 0.6) is 5.88 Å². The molecule has 0 aliphatic rings. The molecule has 2 rings (SSSR count). The summed E-state index contributed by atoms with van der Waals surface area (Å²) in [4.78, 5) is 24.7. The highest BCUT2D eigenvalue weighted by atomic mass is 35.5. The molecule has 0 aliphatic carbocycles. The van der Waals surface area contributed by atoms with Crippen LogP contribution in [-0.4, -0.2) is 43.5 Å². The van der Waals surface area contributed by atoms with Gasteiger partial charge in [-0.2, -0.15) is 5.10 Å². The molecule has 0 atom stereocenters. The van der Waals surface area contributed by atoms with Gasteiger partial charge in [0.25, 0.3) is 0 Å². The van der Waals surface area contributed by atoms with Gasteiger partial charge < -0.3 is 9.47 Å². The fourth-order valence-corrected chi connectivity index (χ4v) is 4.54. The third-order valence-corrected chi connectivity index (χ3v) is 5.84. The zero-order valence-electron chi connectivity index (χ0n) is 15.7. The molecular formula is C17H19ClN2O6S. The van der Waals surface area contributed by atoms with Crippen LogP contribution in [0.1, 0.15) is 32.7 Å². The molecule has 2 aromatic rings. The first-order valence-corrected chi connectivity index (χ1v) is 10.0. The van der Waals surface area contributed by atoms with Gasteiger partial charge >= 0.3 is 6.16 Å². The fraction of sp³-hybridized carbons (Fsp3) is 0.353. The summed E-state index contributed by atoms with van der Waals surface area (Å²) in [6.45, 7) is 4.69. The molecule has 0 fully saturated rings. The van der Waals surface area contributed by atoms with E-state index < -0.39 is 21.8 Å². The van der Waals surface area contributed by atoms with Gasteiger partial charge in [0.05, 0.1) is 22.7 Å². The summed E-state index contributed by atoms with van der Waals surface area (Å²) in [7, 11) is -0.877. The van der Waals surface area contributed by atoms with Gasteiger partial charge in [0.2, 0.25) is 11.7 Å². The van der Waals surface area contributed by atoms with E-state index in [9.17, 15) is 18.0 Å². The molecule has 1 aromatic heterocycles. The van der Waals surface area contributed by atoms with Gasteiger partial charge in [0, 0.05) is 18.9 Å². The molecule has 1 aromatic carbocycles. The Labute approximate surface area is 161 Å². The molecule has 0 amide bonds. The largest absolute Gasteiger partial charge is 0.514 e. The highest BCUT2D eigenvalue weighted by Crippen LogP contribution is 2.34. The minimum Gasteiger partial charge on any atom is -0.437 e. The standard InChI is InChI=1S/C17H19ClN2O6S/c1-8-7-11(13(18)9(2)15(8)27(6,23)24)14(21)12-10(3)19-20(4)16(12)26-17(22)25-5/h7H,1-6H3. The summed E-state index contributed by atoms with van der Waals surface area (Å²) in [5.41, 5.74) is 1.11. The van der Waals surface area contributed by atoms with E-state index in [0.29, 0.717) is 11.3 Å². The van der Waals surface area contributed by atoms with Gasteiger partial charge in [-0.05, 0) is 38.0 Å². The summed E-state index contributed by atoms with van der Waals surface area (Å²) < 4.78 is 34.8. The van der Waals surface area contributed by atoms with Crippen LogP contribution in [0.2, 0.25) is 5.02 Å². The smallest absolute Gasteiger partial charge is 0.437 e. The summed E-state index contributed by atoms with van der Waals surface area (Å²) in [5.74, 6) is -0.640. The molecule has 0 unspecified atom stereocenters. The van der Waals surface area contributed by atoms with Gasteiger partial charge in [0.1, 0.15) is 5.56 Å². The molecule has 0 N–H and O–H groups in total. The van der Waals surface area contributed by atoms with E-state index in [4.69, 9.17) is 16.3 Å². The second-order valence-electron chi connectivity index (χ2n) is 6.06. The van der Waals surface area contributed by atoms with Crippen LogP contribution in [0.4, 0.5) is 4.79 Å². The highest BCUT2D eigenvalue weighted by Gasteiger charge is 2.29. The van der Waals surface area contributed by atoms with E-state index in [2.05, 4.69) is 9.84 Å². The average Bonchev–Trinajstić information content (AvgIpc) is 2.82. The van der Waals surface area contributed by atoms with E-state index in [1.54, 1.807) is 13.8 Å². The van der Waals surface area contributed by atoms with Crippen molar-refractivity contribution in [3.05, 3.63) is 39.0 Å². The van der Waals surface area contributed by atoms with Crippen LogP contribution in [0.15, 0.2) is 11.0 Å². The Bertz CT molecular complexity index is 1060. The van der Waals surface area contributed by atoms with Crippen molar-refractivity contribution in [2.24, 2.45) is 7.05 Å². The van der Waals surface area contributed by atoms with Gasteiger partial charge in [-0.1, -0.05) is 11.6 Å². The molecule has 8 nitrogen and oxygen atoms in total. The Kier molecular flexibility index (Phi) is 5.67. The number of sulfone groups is 1. The number of hydrogen-bond acceptors (Lipinski definition) is 7. The summed E-state index contributed by atoms with van der Waals surface area (Å²) in [5, 5.41) is 4.11. The topological polar surface area (TPSA) is 105 Å². The number of hydrogen-bond donors (Lipinski definition) is 0. The number of benzene rings is 1. The van der Waals surface area contributed by atoms with E-state index in [0.717, 1.165) is 13.4 Å². The maximum Gasteiger partial charge on any atom is 0.514 e. The van der Waals surface area contributed by atoms with E-state index >= 15 is 0 Å². The average molecular weight is 415 g/mol. The minimum absolute atomic E-state index is 0.0123. The van der Waals surface area contributed by atoms with E-state index in [-0.39, 0.29) is 32.5 Å². The van der Waals surface area contributed by atoms with Gasteiger partial charge in [-0.25, -0.2) is 17.9 Å². The lowest BCUT2D eigenvalue weighted by Gasteiger charge is -2.14. The van der Waals surface area contributed by atoms with Crippen molar-refractivity contribution in [1.82, 2.24) is 9.78 Å². The molecule has 0 radical (unpaired) electrons. The maximum absolute atomic E-state index is 13.1. The molecule has 0 saturated carbocycles. The van der Waals surface area contributed by atoms with Crippen LogP contribution in [0.25, 0.3) is 0 Å². The van der Waals surface area contributed by atoms with Gasteiger partial charge in [-0.3, -0.25) is 4.79 Å². The number of rotatable bonds is 4. The van der Waals surface area contributed by atoms with Crippen molar-refractivity contribution in [3.8, 4) is 5.88 Å². The predicted molar refractivity (Wildman–Crippen MR) is 98.4 cm³/mol. The van der Waals surface area contributed by atoms with Gasteiger partial charge in [0.15, 0.2) is 9.84 Å². The number of carbonyl (C=O) groups excluding carboxylic acids is 2. The number of aromatic nitrogens is 2. The van der Waals surface area contributed by atoms with Crippen molar-refractivity contribution < 1.29 is 27.5 Å². The zero-order valence-corrected chi connectivity index (χ0v) is 17.3. The van der Waals surface area contributed by atoms with Crippen LogP contribution in [0.3, 0.4) is 0 Å². The SMILES string of the molecule is COC(=O)Oc1c(C(=O)c2cc(C)c(S(C)(=O)=O)c(C)c2Cl)c(C)nn1C. The number of carbonyl (C=O) groups is 2. The Morgan fingerprint density at radius 1 is 1.22 bits per heavy atom. The van der Waals surface area contributed by atoms with Crippen LogP contribution in [-0.2, 0) is 21.6 Å². The highest BCUT2D eigenvalue weighted by molar-refractivity contribution is 7.90. The first-order chi connectivity index (χ1) is 12.4. The lowest BCUT2D eigenvalue weighted by Crippen LogP contribution is -2.14. The van der Waals surface area contributed by atoms with Crippen molar-refractivity contribution in [2.75, 3.05) is 13.4 Å². The molecule has 146 valence electrons. The van der Waals surface area contributed by atoms with Crippen LogP contribution < -0.4 is 4.74 Å². The fourth-order valence-electron chi connectivity index (χ4n) is 2.95. The summed E-state index contributed by atoms with van der Waals surface area (Å²) in [6.07, 6.45) is 0.0752. The van der Waals surface area contributed by atoms with Crippen molar-refractivity contribution in [3.63, 3.8) is 0 Å². The quantitative estimate of drug-likeness (QED) is 0.559. The Balaban J connectivity index is 2.69. The molecule has 0 saturated heterocycles. The molecule has 0 aliphatic heterocycles. The number of halogens is 1. The summed E-state index contributed by atoms with van der Waals surface area (Å²) in [6, 6.07) is 1.41. The number of nitrogens with zero attached hydrogens (tertiary/aromatic N) is 2. The third-order valence-electron chi connectivity index (χ3n) is 3.98. The van der Waals surface area contributed by atoms with E-state index in [1.165, 1.54) is 24.7 Å². The first kappa shape index (κ1) is 20.9. The summed E-state index contributed by atoms with van der Waals surface area (Å²) >= 11 is 6.32. The molecule has 0 spiro atoms. The number of ketones is 1. The van der Waals surface area contributed by atoms with Crippen LogP contribution >= 0.6 is 11.6 Å². The van der Waals surface area contributed by atoms with E-state index in [1.807, 2.05) is 0 Å². The monoisotopic (exact) mass is 414 g/mol. The lowest BCUT2D eigenvalue weighted by molar-refractivity contribution is 0.102. The zero-order chi connectivity index (χ0) is 20.7. The molecule has 27 heavy (non-hydrogen) atoms. The van der Waals surface area contributed by atoms with Crippen molar-refractivity contribution in [1.29, 1.82) is 0 Å². The van der Waals surface area contributed by atoms with Crippen molar-refractivity contribution in [2.45, 2.75) is 25.7 Å². The minimum atomic E-state index is -3.52.